The van der Waals surface area contributed by atoms with E-state index >= 15 is 0 Å². The van der Waals surface area contributed by atoms with Crippen molar-refractivity contribution in [2.75, 3.05) is 24.3 Å². The Hall–Kier alpha value is -1.20. The lowest BCUT2D eigenvalue weighted by atomic mass is 10.3. The van der Waals surface area contributed by atoms with Crippen LogP contribution in [0.5, 0.6) is 0 Å². The Kier molecular flexibility index (Phi) is 3.91. The molecule has 5 heteroatoms. The molecule has 0 radical (unpaired) electrons. The SMILES string of the molecule is CC(SC1COC1)C(=O)Nc1cccc(N)c1. The number of ether oxygens (including phenoxy) is 1. The Morgan fingerprint density at radius 1 is 1.59 bits per heavy atom. The van der Waals surface area contributed by atoms with Crippen LogP contribution in [-0.2, 0) is 9.53 Å². The highest BCUT2D eigenvalue weighted by Gasteiger charge is 2.24. The summed E-state index contributed by atoms with van der Waals surface area (Å²) in [7, 11) is 0. The lowest BCUT2D eigenvalue weighted by Crippen LogP contribution is -2.34. The van der Waals surface area contributed by atoms with Crippen LogP contribution in [0.3, 0.4) is 0 Å². The molecule has 3 N–H and O–H groups in total. The van der Waals surface area contributed by atoms with Gasteiger partial charge >= 0.3 is 0 Å². The number of thioether (sulfide) groups is 1. The second kappa shape index (κ2) is 5.42. The Balaban J connectivity index is 1.87. The second-order valence-corrected chi connectivity index (χ2v) is 5.70. The maximum atomic E-state index is 11.9. The van der Waals surface area contributed by atoms with E-state index in [-0.39, 0.29) is 11.2 Å². The average molecular weight is 252 g/mol. The largest absolute Gasteiger partial charge is 0.399 e. The van der Waals surface area contributed by atoms with E-state index in [2.05, 4.69) is 5.32 Å². The average Bonchev–Trinajstić information content (AvgIpc) is 2.23. The topological polar surface area (TPSA) is 64.3 Å². The van der Waals surface area contributed by atoms with Crippen LogP contribution in [-0.4, -0.2) is 29.6 Å². The van der Waals surface area contributed by atoms with Crippen LogP contribution < -0.4 is 11.1 Å². The van der Waals surface area contributed by atoms with Crippen molar-refractivity contribution < 1.29 is 9.53 Å². The van der Waals surface area contributed by atoms with Gasteiger partial charge in [0.2, 0.25) is 5.91 Å². The molecule has 1 heterocycles. The molecule has 1 atom stereocenters. The number of rotatable bonds is 4. The molecule has 1 aliphatic heterocycles. The number of nitrogens with one attached hydrogen (secondary N) is 1. The van der Waals surface area contributed by atoms with Gasteiger partial charge in [-0.2, -0.15) is 0 Å². The summed E-state index contributed by atoms with van der Waals surface area (Å²) in [4.78, 5) is 11.9. The van der Waals surface area contributed by atoms with Crippen molar-refractivity contribution in [3.63, 3.8) is 0 Å². The maximum Gasteiger partial charge on any atom is 0.237 e. The molecule has 0 aliphatic carbocycles. The fourth-order valence-corrected chi connectivity index (χ4v) is 2.61. The quantitative estimate of drug-likeness (QED) is 0.801. The van der Waals surface area contributed by atoms with Gasteiger partial charge in [0.25, 0.3) is 0 Å². The third kappa shape index (κ3) is 3.38. The molecule has 92 valence electrons. The van der Waals surface area contributed by atoms with E-state index in [0.29, 0.717) is 10.9 Å². The van der Waals surface area contributed by atoms with E-state index in [1.807, 2.05) is 19.1 Å². The van der Waals surface area contributed by atoms with E-state index in [1.165, 1.54) is 0 Å². The van der Waals surface area contributed by atoms with Gasteiger partial charge in [0, 0.05) is 11.4 Å². The van der Waals surface area contributed by atoms with Gasteiger partial charge in [0.1, 0.15) is 0 Å². The van der Waals surface area contributed by atoms with Crippen molar-refractivity contribution in [3.8, 4) is 0 Å². The Morgan fingerprint density at radius 2 is 2.35 bits per heavy atom. The summed E-state index contributed by atoms with van der Waals surface area (Å²) in [6.07, 6.45) is 0. The summed E-state index contributed by atoms with van der Waals surface area (Å²) in [5.41, 5.74) is 7.04. The Morgan fingerprint density at radius 3 is 2.94 bits per heavy atom. The number of hydrogen-bond donors (Lipinski definition) is 2. The van der Waals surface area contributed by atoms with E-state index in [9.17, 15) is 4.79 Å². The molecule has 1 aromatic carbocycles. The number of carbonyl (C=O) groups is 1. The van der Waals surface area contributed by atoms with Crippen molar-refractivity contribution in [2.24, 2.45) is 0 Å². The van der Waals surface area contributed by atoms with Crippen molar-refractivity contribution in [2.45, 2.75) is 17.4 Å². The number of benzene rings is 1. The highest BCUT2D eigenvalue weighted by molar-refractivity contribution is 8.01. The van der Waals surface area contributed by atoms with Crippen LogP contribution in [0.4, 0.5) is 11.4 Å². The van der Waals surface area contributed by atoms with Crippen LogP contribution in [0.1, 0.15) is 6.92 Å². The first-order chi connectivity index (χ1) is 8.15. The van der Waals surface area contributed by atoms with Crippen molar-refractivity contribution in [1.82, 2.24) is 0 Å². The molecule has 0 bridgehead atoms. The summed E-state index contributed by atoms with van der Waals surface area (Å²) in [5, 5.41) is 3.23. The minimum atomic E-state index is -0.0784. The molecular weight excluding hydrogens is 236 g/mol. The molecule has 17 heavy (non-hydrogen) atoms. The summed E-state index contributed by atoms with van der Waals surface area (Å²) in [6, 6.07) is 7.20. The minimum absolute atomic E-state index is 0.00694. The van der Waals surface area contributed by atoms with Crippen molar-refractivity contribution in [3.05, 3.63) is 24.3 Å². The third-order valence-electron chi connectivity index (χ3n) is 2.53. The predicted octanol–water partition coefficient (Wildman–Crippen LogP) is 1.73. The zero-order valence-electron chi connectivity index (χ0n) is 9.68. The zero-order chi connectivity index (χ0) is 12.3. The highest BCUT2D eigenvalue weighted by Crippen LogP contribution is 2.24. The zero-order valence-corrected chi connectivity index (χ0v) is 10.5. The normalized spacial score (nSPS) is 17.2. The van der Waals surface area contributed by atoms with Gasteiger partial charge < -0.3 is 15.8 Å². The Bertz CT molecular complexity index is 407. The number of nitrogens with two attached hydrogens (primary N) is 1. The first-order valence-electron chi connectivity index (χ1n) is 5.55. The smallest absolute Gasteiger partial charge is 0.237 e. The first kappa shape index (κ1) is 12.3. The van der Waals surface area contributed by atoms with Gasteiger partial charge in [-0.1, -0.05) is 6.07 Å². The molecule has 1 fully saturated rings. The van der Waals surface area contributed by atoms with Gasteiger partial charge in [-0.05, 0) is 25.1 Å². The van der Waals surface area contributed by atoms with Gasteiger partial charge in [0.05, 0.1) is 23.7 Å². The van der Waals surface area contributed by atoms with E-state index < -0.39 is 0 Å². The van der Waals surface area contributed by atoms with E-state index in [0.717, 1.165) is 18.9 Å². The molecule has 0 aromatic heterocycles. The fraction of sp³-hybridized carbons (Fsp3) is 0.417. The standard InChI is InChI=1S/C12H16N2O2S/c1-8(17-11-6-16-7-11)12(15)14-10-4-2-3-9(13)5-10/h2-5,8,11H,6-7,13H2,1H3,(H,14,15). The lowest BCUT2D eigenvalue weighted by molar-refractivity contribution is -0.115. The number of nitrogen functional groups attached to an aromatic ring is 1. The molecule has 1 aliphatic rings. The molecule has 1 saturated heterocycles. The summed E-state index contributed by atoms with van der Waals surface area (Å²) >= 11 is 1.65. The molecule has 4 nitrogen and oxygen atoms in total. The van der Waals surface area contributed by atoms with Gasteiger partial charge in [-0.15, -0.1) is 11.8 Å². The fourth-order valence-electron chi connectivity index (χ4n) is 1.50. The van der Waals surface area contributed by atoms with Crippen molar-refractivity contribution in [1.29, 1.82) is 0 Å². The van der Waals surface area contributed by atoms with Crippen LogP contribution in [0.15, 0.2) is 24.3 Å². The van der Waals surface area contributed by atoms with Gasteiger partial charge in [-0.3, -0.25) is 4.79 Å². The monoisotopic (exact) mass is 252 g/mol. The molecule has 1 aromatic rings. The van der Waals surface area contributed by atoms with Crippen LogP contribution in [0, 0.1) is 0 Å². The minimum Gasteiger partial charge on any atom is -0.399 e. The Labute approximate surface area is 105 Å². The number of anilines is 2. The van der Waals surface area contributed by atoms with E-state index in [4.69, 9.17) is 10.5 Å². The first-order valence-corrected chi connectivity index (χ1v) is 6.49. The molecule has 1 amide bonds. The van der Waals surface area contributed by atoms with Gasteiger partial charge in [0.15, 0.2) is 0 Å². The second-order valence-electron chi connectivity index (χ2n) is 4.05. The van der Waals surface area contributed by atoms with Crippen LogP contribution in [0.2, 0.25) is 0 Å². The summed E-state index contributed by atoms with van der Waals surface area (Å²) in [6.45, 7) is 3.41. The van der Waals surface area contributed by atoms with Crippen LogP contribution >= 0.6 is 11.8 Å². The third-order valence-corrected chi connectivity index (χ3v) is 3.81. The number of hydrogen-bond acceptors (Lipinski definition) is 4. The maximum absolute atomic E-state index is 11.9. The molecule has 1 unspecified atom stereocenters. The highest BCUT2D eigenvalue weighted by atomic mass is 32.2. The van der Waals surface area contributed by atoms with E-state index in [1.54, 1.807) is 23.9 Å². The lowest BCUT2D eigenvalue weighted by Gasteiger charge is -2.27. The molecule has 0 saturated carbocycles. The van der Waals surface area contributed by atoms with Crippen LogP contribution in [0.25, 0.3) is 0 Å². The summed E-state index contributed by atoms with van der Waals surface area (Å²) < 4.78 is 5.08. The van der Waals surface area contributed by atoms with Crippen molar-refractivity contribution >= 4 is 29.0 Å². The van der Waals surface area contributed by atoms with Gasteiger partial charge in [-0.25, -0.2) is 0 Å². The predicted molar refractivity (Wildman–Crippen MR) is 71.1 cm³/mol. The number of carbonyl (C=O) groups excluding carboxylic acids is 1. The number of amides is 1. The molecular formula is C12H16N2O2S. The molecule has 2 rings (SSSR count). The molecule has 0 spiro atoms. The summed E-state index contributed by atoms with van der Waals surface area (Å²) in [5.74, 6) is 0.00694.